The second kappa shape index (κ2) is 6.49. The molecule has 24 heavy (non-hydrogen) atoms. The van der Waals surface area contributed by atoms with E-state index in [0.29, 0.717) is 33.9 Å². The van der Waals surface area contributed by atoms with Crippen LogP contribution in [0.1, 0.15) is 5.56 Å². The van der Waals surface area contributed by atoms with Crippen LogP contribution in [-0.2, 0) is 0 Å². The molecule has 0 aliphatic rings. The zero-order valence-corrected chi connectivity index (χ0v) is 14.1. The highest BCUT2D eigenvalue weighted by Crippen LogP contribution is 2.35. The van der Waals surface area contributed by atoms with Gasteiger partial charge in [-0.25, -0.2) is 9.37 Å². The van der Waals surface area contributed by atoms with Gasteiger partial charge in [0.15, 0.2) is 11.5 Å². The molecule has 1 heterocycles. The van der Waals surface area contributed by atoms with Gasteiger partial charge in [0, 0.05) is 11.5 Å². The summed E-state index contributed by atoms with van der Waals surface area (Å²) in [5, 5.41) is 3.66. The molecule has 0 unspecified atom stereocenters. The summed E-state index contributed by atoms with van der Waals surface area (Å²) in [6.07, 6.45) is 0. The minimum Gasteiger partial charge on any atom is -0.493 e. The van der Waals surface area contributed by atoms with Gasteiger partial charge < -0.3 is 14.8 Å². The minimum absolute atomic E-state index is 0.0466. The van der Waals surface area contributed by atoms with E-state index in [1.165, 1.54) is 20.3 Å². The van der Waals surface area contributed by atoms with Crippen molar-refractivity contribution >= 4 is 34.0 Å². The van der Waals surface area contributed by atoms with E-state index in [2.05, 4.69) is 15.3 Å². The van der Waals surface area contributed by atoms with E-state index < -0.39 is 0 Å². The van der Waals surface area contributed by atoms with E-state index in [9.17, 15) is 4.39 Å². The fourth-order valence-corrected chi connectivity index (χ4v) is 2.56. The number of anilines is 2. The Kier molecular flexibility index (Phi) is 4.40. The molecule has 3 aromatic rings. The van der Waals surface area contributed by atoms with Crippen LogP contribution in [0.5, 0.6) is 11.5 Å². The summed E-state index contributed by atoms with van der Waals surface area (Å²) in [6, 6.07) is 8.20. The number of hydrogen-bond donors (Lipinski definition) is 1. The van der Waals surface area contributed by atoms with Crippen molar-refractivity contribution in [1.29, 1.82) is 0 Å². The Morgan fingerprint density at radius 3 is 2.46 bits per heavy atom. The second-order valence-corrected chi connectivity index (χ2v) is 5.51. The maximum absolute atomic E-state index is 14.0. The maximum atomic E-state index is 14.0. The van der Waals surface area contributed by atoms with Crippen LogP contribution >= 0.6 is 11.6 Å². The summed E-state index contributed by atoms with van der Waals surface area (Å²) in [5.41, 5.74) is 1.78. The van der Waals surface area contributed by atoms with Gasteiger partial charge in [0.2, 0.25) is 5.28 Å². The van der Waals surface area contributed by atoms with Crippen molar-refractivity contribution in [1.82, 2.24) is 9.97 Å². The van der Waals surface area contributed by atoms with E-state index in [1.807, 2.05) is 6.92 Å². The Morgan fingerprint density at radius 2 is 1.75 bits per heavy atom. The molecule has 0 atom stereocenters. The molecule has 0 amide bonds. The first-order valence-electron chi connectivity index (χ1n) is 7.14. The molecule has 124 valence electrons. The second-order valence-electron chi connectivity index (χ2n) is 5.17. The molecule has 0 aliphatic carbocycles. The van der Waals surface area contributed by atoms with Crippen molar-refractivity contribution in [3.05, 3.63) is 47.0 Å². The lowest BCUT2D eigenvalue weighted by atomic mass is 10.2. The number of benzene rings is 2. The molecule has 0 saturated heterocycles. The number of aromatic nitrogens is 2. The van der Waals surface area contributed by atoms with E-state index in [-0.39, 0.29) is 11.1 Å². The van der Waals surface area contributed by atoms with Gasteiger partial charge in [0.25, 0.3) is 0 Å². The Labute approximate surface area is 143 Å². The molecule has 0 radical (unpaired) electrons. The number of nitrogens with zero attached hydrogens (tertiary/aromatic N) is 2. The fourth-order valence-electron chi connectivity index (χ4n) is 2.39. The molecule has 1 aromatic heterocycles. The number of fused-ring (bicyclic) bond motifs is 1. The molecule has 0 aliphatic heterocycles. The summed E-state index contributed by atoms with van der Waals surface area (Å²) in [7, 11) is 3.07. The van der Waals surface area contributed by atoms with Crippen LogP contribution < -0.4 is 14.8 Å². The molecular formula is C17H15ClFN3O2. The number of aryl methyl sites for hydroxylation is 1. The number of hydrogen-bond acceptors (Lipinski definition) is 5. The molecule has 0 saturated carbocycles. The normalized spacial score (nSPS) is 10.7. The number of halogens is 2. The van der Waals surface area contributed by atoms with Gasteiger partial charge in [-0.2, -0.15) is 4.98 Å². The van der Waals surface area contributed by atoms with Gasteiger partial charge in [0.1, 0.15) is 11.6 Å². The third-order valence-corrected chi connectivity index (χ3v) is 3.72. The Hall–Kier alpha value is -2.60. The van der Waals surface area contributed by atoms with Gasteiger partial charge in [-0.1, -0.05) is 6.07 Å². The average molecular weight is 348 g/mol. The van der Waals surface area contributed by atoms with Crippen molar-refractivity contribution in [3.63, 3.8) is 0 Å². The van der Waals surface area contributed by atoms with Crippen molar-refractivity contribution in [2.75, 3.05) is 19.5 Å². The molecule has 0 fully saturated rings. The van der Waals surface area contributed by atoms with Crippen molar-refractivity contribution in [2.45, 2.75) is 6.92 Å². The predicted molar refractivity (Wildman–Crippen MR) is 92.1 cm³/mol. The highest BCUT2D eigenvalue weighted by Gasteiger charge is 2.14. The first-order chi connectivity index (χ1) is 11.5. The Morgan fingerprint density at radius 1 is 1.04 bits per heavy atom. The van der Waals surface area contributed by atoms with Gasteiger partial charge in [-0.3, -0.25) is 0 Å². The molecular weight excluding hydrogens is 333 g/mol. The van der Waals surface area contributed by atoms with Crippen LogP contribution in [0.3, 0.4) is 0 Å². The van der Waals surface area contributed by atoms with Gasteiger partial charge in [-0.15, -0.1) is 0 Å². The molecule has 7 heteroatoms. The largest absolute Gasteiger partial charge is 0.493 e. The molecule has 0 spiro atoms. The molecule has 5 nitrogen and oxygen atoms in total. The lowest BCUT2D eigenvalue weighted by Crippen LogP contribution is -2.00. The fraction of sp³-hybridized carbons (Fsp3) is 0.176. The first-order valence-corrected chi connectivity index (χ1v) is 7.52. The van der Waals surface area contributed by atoms with Crippen LogP contribution in [0.4, 0.5) is 15.9 Å². The van der Waals surface area contributed by atoms with Gasteiger partial charge in [0.05, 0.1) is 25.4 Å². The van der Waals surface area contributed by atoms with Crippen LogP contribution in [0, 0.1) is 12.7 Å². The standard InChI is InChI=1S/C17H15ClFN3O2/c1-9-4-5-11(19)13(6-9)20-16-10-7-14(23-2)15(24-3)8-12(10)21-17(18)22-16/h4-8H,1-3H3,(H,20,21,22). The number of ether oxygens (including phenoxy) is 2. The quantitative estimate of drug-likeness (QED) is 0.704. The van der Waals surface area contributed by atoms with Gasteiger partial charge >= 0.3 is 0 Å². The first kappa shape index (κ1) is 16.3. The monoisotopic (exact) mass is 347 g/mol. The topological polar surface area (TPSA) is 56.3 Å². The zero-order valence-electron chi connectivity index (χ0n) is 13.4. The van der Waals surface area contributed by atoms with Crippen molar-refractivity contribution in [3.8, 4) is 11.5 Å². The summed E-state index contributed by atoms with van der Waals surface area (Å²) in [4.78, 5) is 8.37. The highest BCUT2D eigenvalue weighted by molar-refractivity contribution is 6.28. The van der Waals surface area contributed by atoms with Gasteiger partial charge in [-0.05, 0) is 42.3 Å². The highest BCUT2D eigenvalue weighted by atomic mass is 35.5. The molecule has 1 N–H and O–H groups in total. The lowest BCUT2D eigenvalue weighted by Gasteiger charge is -2.13. The summed E-state index contributed by atoms with van der Waals surface area (Å²) in [6.45, 7) is 1.88. The molecule has 0 bridgehead atoms. The third kappa shape index (κ3) is 3.05. The lowest BCUT2D eigenvalue weighted by molar-refractivity contribution is 0.356. The third-order valence-electron chi connectivity index (χ3n) is 3.55. The SMILES string of the molecule is COc1cc2nc(Cl)nc(Nc3cc(C)ccc3F)c2cc1OC. The summed E-state index contributed by atoms with van der Waals surface area (Å²) in [5.74, 6) is 1.04. The van der Waals surface area contributed by atoms with Crippen LogP contribution in [0.15, 0.2) is 30.3 Å². The van der Waals surface area contributed by atoms with Crippen LogP contribution in [0.2, 0.25) is 5.28 Å². The van der Waals surface area contributed by atoms with E-state index in [4.69, 9.17) is 21.1 Å². The van der Waals surface area contributed by atoms with Crippen LogP contribution in [0.25, 0.3) is 10.9 Å². The van der Waals surface area contributed by atoms with E-state index in [0.717, 1.165) is 5.56 Å². The number of methoxy groups -OCH3 is 2. The van der Waals surface area contributed by atoms with E-state index >= 15 is 0 Å². The van der Waals surface area contributed by atoms with Crippen LogP contribution in [-0.4, -0.2) is 24.2 Å². The average Bonchev–Trinajstić information content (AvgIpc) is 2.56. The Balaban J connectivity index is 2.17. The van der Waals surface area contributed by atoms with E-state index in [1.54, 1.807) is 24.3 Å². The molecule has 2 aromatic carbocycles. The maximum Gasteiger partial charge on any atom is 0.224 e. The minimum atomic E-state index is -0.385. The zero-order chi connectivity index (χ0) is 17.3. The smallest absolute Gasteiger partial charge is 0.224 e. The summed E-state index contributed by atoms with van der Waals surface area (Å²) >= 11 is 6.00. The van der Waals surface area contributed by atoms with Crippen molar-refractivity contribution < 1.29 is 13.9 Å². The number of nitrogens with one attached hydrogen (secondary N) is 1. The van der Waals surface area contributed by atoms with Crippen molar-refractivity contribution in [2.24, 2.45) is 0 Å². The number of rotatable bonds is 4. The summed E-state index contributed by atoms with van der Waals surface area (Å²) < 4.78 is 24.6. The predicted octanol–water partition coefficient (Wildman–Crippen LogP) is 4.49. The Bertz CT molecular complexity index is 918. The molecule has 3 rings (SSSR count).